The molecule has 3 aromatic heterocycles. The highest BCUT2D eigenvalue weighted by Gasteiger charge is 2.09. The molecule has 4 aromatic rings. The van der Waals surface area contributed by atoms with E-state index in [4.69, 9.17) is 0 Å². The van der Waals surface area contributed by atoms with Crippen molar-refractivity contribution in [3.05, 3.63) is 66.1 Å². The number of aromatic nitrogens is 4. The third-order valence-corrected chi connectivity index (χ3v) is 4.59. The van der Waals surface area contributed by atoms with Crippen molar-refractivity contribution in [2.24, 2.45) is 0 Å². The zero-order chi connectivity index (χ0) is 15.6. The van der Waals surface area contributed by atoms with Gasteiger partial charge in [-0.05, 0) is 30.2 Å². The first-order valence-electron chi connectivity index (χ1n) is 7.34. The highest BCUT2D eigenvalue weighted by molar-refractivity contribution is 7.20. The SMILES string of the molecule is Cc1ccccc1CNc1nn2cc(-c3ccncc3)nc2s1. The number of benzene rings is 1. The summed E-state index contributed by atoms with van der Waals surface area (Å²) < 4.78 is 1.82. The van der Waals surface area contributed by atoms with E-state index in [-0.39, 0.29) is 0 Å². The van der Waals surface area contributed by atoms with E-state index in [1.54, 1.807) is 23.7 Å². The monoisotopic (exact) mass is 321 g/mol. The van der Waals surface area contributed by atoms with Gasteiger partial charge in [-0.25, -0.2) is 9.50 Å². The minimum Gasteiger partial charge on any atom is -0.356 e. The van der Waals surface area contributed by atoms with Gasteiger partial charge in [-0.15, -0.1) is 5.10 Å². The summed E-state index contributed by atoms with van der Waals surface area (Å²) >= 11 is 1.55. The molecule has 0 spiro atoms. The van der Waals surface area contributed by atoms with Gasteiger partial charge in [0, 0.05) is 24.5 Å². The Balaban J connectivity index is 1.54. The van der Waals surface area contributed by atoms with Crippen molar-refractivity contribution in [2.75, 3.05) is 5.32 Å². The third kappa shape index (κ3) is 2.80. The number of hydrogen-bond acceptors (Lipinski definition) is 5. The van der Waals surface area contributed by atoms with Gasteiger partial charge < -0.3 is 5.32 Å². The van der Waals surface area contributed by atoms with Crippen LogP contribution in [0.3, 0.4) is 0 Å². The molecule has 23 heavy (non-hydrogen) atoms. The Labute approximate surface area is 137 Å². The second-order valence-electron chi connectivity index (χ2n) is 5.28. The third-order valence-electron chi connectivity index (χ3n) is 3.71. The Morgan fingerprint density at radius 2 is 1.96 bits per heavy atom. The van der Waals surface area contributed by atoms with Crippen molar-refractivity contribution in [3.8, 4) is 11.3 Å². The topological polar surface area (TPSA) is 55.1 Å². The number of nitrogens with one attached hydrogen (secondary N) is 1. The van der Waals surface area contributed by atoms with Crippen molar-refractivity contribution in [1.29, 1.82) is 0 Å². The Bertz CT molecular complexity index is 910. The molecule has 0 aliphatic heterocycles. The molecule has 0 saturated heterocycles. The quantitative estimate of drug-likeness (QED) is 0.621. The zero-order valence-electron chi connectivity index (χ0n) is 12.6. The predicted octanol–water partition coefficient (Wildman–Crippen LogP) is 3.77. The van der Waals surface area contributed by atoms with Crippen LogP contribution in [0.5, 0.6) is 0 Å². The Hall–Kier alpha value is -2.73. The van der Waals surface area contributed by atoms with Crippen molar-refractivity contribution in [2.45, 2.75) is 13.5 Å². The summed E-state index contributed by atoms with van der Waals surface area (Å²) in [7, 11) is 0. The van der Waals surface area contributed by atoms with Gasteiger partial charge in [-0.1, -0.05) is 35.6 Å². The van der Waals surface area contributed by atoms with Crippen LogP contribution in [0.2, 0.25) is 0 Å². The average molecular weight is 321 g/mol. The predicted molar refractivity (Wildman–Crippen MR) is 92.6 cm³/mol. The number of fused-ring (bicyclic) bond motifs is 1. The minimum absolute atomic E-state index is 0.764. The summed E-state index contributed by atoms with van der Waals surface area (Å²) in [4.78, 5) is 9.54. The molecule has 0 radical (unpaired) electrons. The number of aryl methyl sites for hydroxylation is 1. The van der Waals surface area contributed by atoms with Gasteiger partial charge in [0.25, 0.3) is 0 Å². The van der Waals surface area contributed by atoms with E-state index < -0.39 is 0 Å². The number of pyridine rings is 1. The summed E-state index contributed by atoms with van der Waals surface area (Å²) in [6.07, 6.45) is 5.48. The molecule has 6 heteroatoms. The molecule has 0 saturated carbocycles. The Morgan fingerprint density at radius 1 is 1.13 bits per heavy atom. The minimum atomic E-state index is 0.764. The number of nitrogens with zero attached hydrogens (tertiary/aromatic N) is 4. The van der Waals surface area contributed by atoms with Gasteiger partial charge in [0.15, 0.2) is 0 Å². The van der Waals surface area contributed by atoms with Crippen LogP contribution in [0.4, 0.5) is 5.13 Å². The molecule has 3 heterocycles. The smallest absolute Gasteiger partial charge is 0.214 e. The lowest BCUT2D eigenvalue weighted by Gasteiger charge is -2.05. The Morgan fingerprint density at radius 3 is 2.74 bits per heavy atom. The standard InChI is InChI=1S/C17H15N5S/c1-12-4-2-3-5-14(12)10-19-16-21-22-11-15(20-17(22)23-16)13-6-8-18-9-7-13/h2-9,11H,10H2,1H3,(H,19,21). The number of hydrogen-bond donors (Lipinski definition) is 1. The van der Waals surface area contributed by atoms with Crippen molar-refractivity contribution < 1.29 is 0 Å². The van der Waals surface area contributed by atoms with E-state index in [0.717, 1.165) is 27.9 Å². The van der Waals surface area contributed by atoms with Gasteiger partial charge in [-0.3, -0.25) is 4.98 Å². The van der Waals surface area contributed by atoms with Crippen LogP contribution in [0, 0.1) is 6.92 Å². The molecular formula is C17H15N5S. The fraction of sp³-hybridized carbons (Fsp3) is 0.118. The van der Waals surface area contributed by atoms with Crippen molar-refractivity contribution in [1.82, 2.24) is 19.6 Å². The zero-order valence-corrected chi connectivity index (χ0v) is 13.4. The molecule has 0 atom stereocenters. The van der Waals surface area contributed by atoms with Crippen LogP contribution in [0.1, 0.15) is 11.1 Å². The first-order valence-corrected chi connectivity index (χ1v) is 8.16. The van der Waals surface area contributed by atoms with Gasteiger partial charge in [0.05, 0.1) is 11.9 Å². The van der Waals surface area contributed by atoms with Crippen molar-refractivity contribution >= 4 is 21.4 Å². The largest absolute Gasteiger partial charge is 0.356 e. The maximum Gasteiger partial charge on any atom is 0.214 e. The van der Waals surface area contributed by atoms with E-state index in [1.807, 2.05) is 22.8 Å². The van der Waals surface area contributed by atoms with E-state index in [9.17, 15) is 0 Å². The summed E-state index contributed by atoms with van der Waals surface area (Å²) in [6, 6.07) is 12.2. The second-order valence-corrected chi connectivity index (χ2v) is 6.23. The molecule has 0 fully saturated rings. The van der Waals surface area contributed by atoms with Gasteiger partial charge >= 0.3 is 0 Å². The molecule has 1 aromatic carbocycles. The molecule has 0 bridgehead atoms. The number of imidazole rings is 1. The molecule has 0 aliphatic rings. The van der Waals surface area contributed by atoms with E-state index >= 15 is 0 Å². The lowest BCUT2D eigenvalue weighted by molar-refractivity contribution is 0.960. The highest BCUT2D eigenvalue weighted by atomic mass is 32.1. The highest BCUT2D eigenvalue weighted by Crippen LogP contribution is 2.24. The molecule has 0 unspecified atom stereocenters. The van der Waals surface area contributed by atoms with Crippen LogP contribution in [-0.2, 0) is 6.54 Å². The molecule has 5 nitrogen and oxygen atoms in total. The summed E-state index contributed by atoms with van der Waals surface area (Å²) in [6.45, 7) is 2.88. The fourth-order valence-corrected chi connectivity index (χ4v) is 3.19. The maximum atomic E-state index is 4.63. The summed E-state index contributed by atoms with van der Waals surface area (Å²) in [5.74, 6) is 0. The molecule has 0 aliphatic carbocycles. The van der Waals surface area contributed by atoms with Gasteiger partial charge in [0.1, 0.15) is 0 Å². The van der Waals surface area contributed by atoms with Gasteiger partial charge in [0.2, 0.25) is 10.1 Å². The summed E-state index contributed by atoms with van der Waals surface area (Å²) in [5, 5.41) is 8.79. The summed E-state index contributed by atoms with van der Waals surface area (Å²) in [5.41, 5.74) is 4.52. The molecule has 114 valence electrons. The van der Waals surface area contributed by atoms with E-state index in [1.165, 1.54) is 11.1 Å². The molecule has 4 rings (SSSR count). The first kappa shape index (κ1) is 13.9. The lowest BCUT2D eigenvalue weighted by Crippen LogP contribution is -2.01. The van der Waals surface area contributed by atoms with Gasteiger partial charge in [-0.2, -0.15) is 0 Å². The van der Waals surface area contributed by atoms with E-state index in [0.29, 0.717) is 0 Å². The number of rotatable bonds is 4. The van der Waals surface area contributed by atoms with Crippen LogP contribution in [0.25, 0.3) is 16.2 Å². The normalized spacial score (nSPS) is 11.0. The van der Waals surface area contributed by atoms with Crippen LogP contribution in [-0.4, -0.2) is 19.6 Å². The van der Waals surface area contributed by atoms with Crippen molar-refractivity contribution in [3.63, 3.8) is 0 Å². The van der Waals surface area contributed by atoms with Crippen LogP contribution in [0.15, 0.2) is 55.0 Å². The average Bonchev–Trinajstić information content (AvgIpc) is 3.13. The first-order chi connectivity index (χ1) is 11.3. The molecule has 0 amide bonds. The number of anilines is 1. The Kier molecular flexibility index (Phi) is 3.51. The lowest BCUT2D eigenvalue weighted by atomic mass is 10.1. The van der Waals surface area contributed by atoms with E-state index in [2.05, 4.69) is 51.6 Å². The maximum absolute atomic E-state index is 4.63. The van der Waals surface area contributed by atoms with Crippen LogP contribution < -0.4 is 5.32 Å². The van der Waals surface area contributed by atoms with Crippen LogP contribution >= 0.6 is 11.3 Å². The fourth-order valence-electron chi connectivity index (χ4n) is 2.41. The molecular weight excluding hydrogens is 306 g/mol. The molecule has 1 N–H and O–H groups in total. The second kappa shape index (κ2) is 5.81.